The van der Waals surface area contributed by atoms with Gasteiger partial charge in [-0.15, -0.1) is 0 Å². The average molecular weight is 360 g/mol. The summed E-state index contributed by atoms with van der Waals surface area (Å²) in [4.78, 5) is 0. The summed E-state index contributed by atoms with van der Waals surface area (Å²) in [5, 5.41) is 15.0. The molecule has 0 fully saturated rings. The van der Waals surface area contributed by atoms with Gasteiger partial charge in [-0.25, -0.2) is 4.39 Å². The molecule has 1 aromatic rings. The van der Waals surface area contributed by atoms with Crippen molar-refractivity contribution in [2.45, 2.75) is 39.7 Å². The molecule has 4 N–H and O–H groups in total. The molecule has 0 amide bonds. The Morgan fingerprint density at radius 3 is 2.81 bits per heavy atom. The lowest BCUT2D eigenvalue weighted by Gasteiger charge is -2.22. The zero-order valence-corrected chi connectivity index (χ0v) is 14.1. The summed E-state index contributed by atoms with van der Waals surface area (Å²) >= 11 is 3.33. The summed E-state index contributed by atoms with van der Waals surface area (Å²) in [5.41, 5.74) is 5.99. The number of hydrogen-bond acceptors (Lipinski definition) is 3. The summed E-state index contributed by atoms with van der Waals surface area (Å²) in [5.74, 6) is 0.0606. The SMILES string of the molecule is CC(C)(CCCCNCc1cc(Br)ccc1F)/C(N)=N/O. The normalized spacial score (nSPS) is 12.7. The first-order valence-electron chi connectivity index (χ1n) is 6.99. The van der Waals surface area contributed by atoms with Gasteiger partial charge in [0.1, 0.15) is 11.7 Å². The van der Waals surface area contributed by atoms with Crippen LogP contribution in [0.25, 0.3) is 0 Å². The Bertz CT molecular complexity index is 492. The molecule has 0 radical (unpaired) electrons. The molecule has 1 aromatic carbocycles. The number of benzene rings is 1. The maximum atomic E-state index is 13.5. The van der Waals surface area contributed by atoms with Crippen molar-refractivity contribution in [3.05, 3.63) is 34.1 Å². The topological polar surface area (TPSA) is 70.6 Å². The van der Waals surface area contributed by atoms with Gasteiger partial charge in [0.25, 0.3) is 0 Å². The highest BCUT2D eigenvalue weighted by molar-refractivity contribution is 9.10. The van der Waals surface area contributed by atoms with Crippen molar-refractivity contribution in [1.82, 2.24) is 5.32 Å². The van der Waals surface area contributed by atoms with E-state index in [-0.39, 0.29) is 17.1 Å². The minimum atomic E-state index is -0.300. The third-order valence-electron chi connectivity index (χ3n) is 3.53. The lowest BCUT2D eigenvalue weighted by atomic mass is 9.86. The van der Waals surface area contributed by atoms with Gasteiger partial charge in [0.05, 0.1) is 0 Å². The van der Waals surface area contributed by atoms with Crippen molar-refractivity contribution in [2.75, 3.05) is 6.54 Å². The molecule has 0 saturated carbocycles. The smallest absolute Gasteiger partial charge is 0.144 e. The Labute approximate surface area is 133 Å². The molecule has 0 aliphatic rings. The van der Waals surface area contributed by atoms with Crippen molar-refractivity contribution in [3.8, 4) is 0 Å². The van der Waals surface area contributed by atoms with Gasteiger partial charge >= 0.3 is 0 Å². The Balaban J connectivity index is 2.25. The minimum absolute atomic E-state index is 0.196. The summed E-state index contributed by atoms with van der Waals surface area (Å²) in [6, 6.07) is 4.93. The minimum Gasteiger partial charge on any atom is -0.409 e. The predicted octanol–water partition coefficient (Wildman–Crippen LogP) is 3.62. The Morgan fingerprint density at radius 1 is 1.43 bits per heavy atom. The number of nitrogens with one attached hydrogen (secondary N) is 1. The molecule has 0 atom stereocenters. The van der Waals surface area contributed by atoms with Crippen LogP contribution in [0.4, 0.5) is 4.39 Å². The van der Waals surface area contributed by atoms with E-state index in [0.29, 0.717) is 12.1 Å². The molecule has 1 rings (SSSR count). The highest BCUT2D eigenvalue weighted by Crippen LogP contribution is 2.23. The van der Waals surface area contributed by atoms with Crippen LogP contribution in [-0.4, -0.2) is 17.6 Å². The molecule has 0 spiro atoms. The molecule has 0 aliphatic heterocycles. The van der Waals surface area contributed by atoms with Gasteiger partial charge in [-0.3, -0.25) is 0 Å². The number of nitrogens with zero attached hydrogens (tertiary/aromatic N) is 1. The van der Waals surface area contributed by atoms with E-state index in [1.54, 1.807) is 12.1 Å². The Kier molecular flexibility index (Phi) is 7.11. The van der Waals surface area contributed by atoms with Gasteiger partial charge in [0.2, 0.25) is 0 Å². The van der Waals surface area contributed by atoms with Gasteiger partial charge in [0, 0.05) is 22.0 Å². The number of nitrogens with two attached hydrogens (primary N) is 1. The molecule has 0 unspecified atom stereocenters. The second-order valence-electron chi connectivity index (χ2n) is 5.74. The van der Waals surface area contributed by atoms with E-state index in [9.17, 15) is 4.39 Å². The van der Waals surface area contributed by atoms with E-state index >= 15 is 0 Å². The third-order valence-corrected chi connectivity index (χ3v) is 4.02. The predicted molar refractivity (Wildman–Crippen MR) is 86.8 cm³/mol. The fourth-order valence-corrected chi connectivity index (χ4v) is 2.39. The molecule has 0 bridgehead atoms. The van der Waals surface area contributed by atoms with Gasteiger partial charge in [-0.2, -0.15) is 0 Å². The maximum absolute atomic E-state index is 13.5. The van der Waals surface area contributed by atoms with Gasteiger partial charge < -0.3 is 16.3 Å². The Morgan fingerprint density at radius 2 is 2.14 bits per heavy atom. The summed E-state index contributed by atoms with van der Waals surface area (Å²) in [6.07, 6.45) is 2.75. The number of halogens is 2. The highest BCUT2D eigenvalue weighted by Gasteiger charge is 2.22. The van der Waals surface area contributed by atoms with Crippen molar-refractivity contribution in [2.24, 2.45) is 16.3 Å². The molecular formula is C15H23BrFN3O. The summed E-state index contributed by atoms with van der Waals surface area (Å²) in [6.45, 7) is 5.21. The van der Waals surface area contributed by atoms with Crippen LogP contribution in [0.1, 0.15) is 38.7 Å². The first kappa shape index (κ1) is 17.9. The highest BCUT2D eigenvalue weighted by atomic mass is 79.9. The number of amidine groups is 1. The molecule has 0 heterocycles. The van der Waals surface area contributed by atoms with E-state index in [1.165, 1.54) is 6.07 Å². The second kappa shape index (κ2) is 8.34. The first-order valence-corrected chi connectivity index (χ1v) is 7.79. The molecule has 21 heavy (non-hydrogen) atoms. The van der Waals surface area contributed by atoms with Gasteiger partial charge in [-0.05, 0) is 37.6 Å². The van der Waals surface area contributed by atoms with Gasteiger partial charge in [-0.1, -0.05) is 41.4 Å². The van der Waals surface area contributed by atoms with Crippen LogP contribution in [0.3, 0.4) is 0 Å². The molecule has 0 aliphatic carbocycles. The lowest BCUT2D eigenvalue weighted by molar-refractivity contribution is 0.304. The van der Waals surface area contributed by atoms with Crippen LogP contribution in [0.5, 0.6) is 0 Å². The van der Waals surface area contributed by atoms with Crippen LogP contribution in [-0.2, 0) is 6.54 Å². The van der Waals surface area contributed by atoms with Crippen LogP contribution in [0.15, 0.2) is 27.8 Å². The number of oxime groups is 1. The largest absolute Gasteiger partial charge is 0.409 e. The molecule has 6 heteroatoms. The lowest BCUT2D eigenvalue weighted by Crippen LogP contribution is -2.32. The van der Waals surface area contributed by atoms with E-state index < -0.39 is 0 Å². The second-order valence-corrected chi connectivity index (χ2v) is 6.65. The third kappa shape index (κ3) is 6.01. The van der Waals surface area contributed by atoms with Gasteiger partial charge in [0.15, 0.2) is 0 Å². The van der Waals surface area contributed by atoms with E-state index in [0.717, 1.165) is 30.3 Å². The van der Waals surface area contributed by atoms with E-state index in [4.69, 9.17) is 10.9 Å². The summed E-state index contributed by atoms with van der Waals surface area (Å²) < 4.78 is 14.4. The molecule has 118 valence electrons. The molecule has 4 nitrogen and oxygen atoms in total. The quantitative estimate of drug-likeness (QED) is 0.218. The zero-order valence-electron chi connectivity index (χ0n) is 12.5. The van der Waals surface area contributed by atoms with Crippen molar-refractivity contribution >= 4 is 21.8 Å². The first-order chi connectivity index (χ1) is 9.86. The summed E-state index contributed by atoms with van der Waals surface area (Å²) in [7, 11) is 0. The van der Waals surface area contributed by atoms with Crippen molar-refractivity contribution in [3.63, 3.8) is 0 Å². The molecular weight excluding hydrogens is 337 g/mol. The number of rotatable bonds is 8. The standard InChI is InChI=1S/C15H23BrFN3O/c1-15(2,14(18)20-21)7-3-4-8-19-10-11-9-12(16)5-6-13(11)17/h5-6,9,19,21H,3-4,7-8,10H2,1-2H3,(H2,18,20). The van der Waals surface area contributed by atoms with E-state index in [2.05, 4.69) is 26.4 Å². The van der Waals surface area contributed by atoms with E-state index in [1.807, 2.05) is 13.8 Å². The van der Waals surface area contributed by atoms with Crippen LogP contribution in [0, 0.1) is 11.2 Å². The fraction of sp³-hybridized carbons (Fsp3) is 0.533. The number of unbranched alkanes of at least 4 members (excludes halogenated alkanes) is 1. The number of hydrogen-bond donors (Lipinski definition) is 3. The molecule has 0 aromatic heterocycles. The monoisotopic (exact) mass is 359 g/mol. The Hall–Kier alpha value is -1.14. The maximum Gasteiger partial charge on any atom is 0.144 e. The average Bonchev–Trinajstić information content (AvgIpc) is 2.45. The van der Waals surface area contributed by atoms with Crippen molar-refractivity contribution in [1.29, 1.82) is 0 Å². The fourth-order valence-electron chi connectivity index (χ4n) is 1.98. The van der Waals surface area contributed by atoms with Crippen molar-refractivity contribution < 1.29 is 9.60 Å². The van der Waals surface area contributed by atoms with Crippen LogP contribution >= 0.6 is 15.9 Å². The van der Waals surface area contributed by atoms with Crippen LogP contribution < -0.4 is 11.1 Å². The zero-order chi connectivity index (χ0) is 15.9. The molecule has 0 saturated heterocycles. The van der Waals surface area contributed by atoms with Crippen LogP contribution in [0.2, 0.25) is 0 Å².